The first-order valence-electron chi connectivity index (χ1n) is 7.99. The number of amides is 2. The molecule has 0 radical (unpaired) electrons. The van der Waals surface area contributed by atoms with Crippen LogP contribution in [0.25, 0.3) is 0 Å². The van der Waals surface area contributed by atoms with Gasteiger partial charge in [0.25, 0.3) is 0 Å². The second-order valence-electron chi connectivity index (χ2n) is 6.60. The van der Waals surface area contributed by atoms with Crippen LogP contribution in [-0.4, -0.2) is 54.2 Å². The number of nitrogens with one attached hydrogen (secondary N) is 1. The Morgan fingerprint density at radius 1 is 1.48 bits per heavy atom. The average molecular weight is 323 g/mol. The number of urea groups is 1. The summed E-state index contributed by atoms with van der Waals surface area (Å²) in [6.07, 6.45) is 0.319. The van der Waals surface area contributed by atoms with Crippen molar-refractivity contribution in [3.05, 3.63) is 35.1 Å². The van der Waals surface area contributed by atoms with Gasteiger partial charge in [-0.05, 0) is 38.1 Å². The van der Waals surface area contributed by atoms with Gasteiger partial charge in [0.2, 0.25) is 0 Å². The zero-order valence-corrected chi connectivity index (χ0v) is 14.1. The highest BCUT2D eigenvalue weighted by atomic mass is 19.1. The van der Waals surface area contributed by atoms with Gasteiger partial charge in [0, 0.05) is 31.7 Å². The van der Waals surface area contributed by atoms with Crippen molar-refractivity contribution >= 4 is 6.03 Å². The van der Waals surface area contributed by atoms with Gasteiger partial charge in [0.15, 0.2) is 0 Å². The number of rotatable bonds is 4. The summed E-state index contributed by atoms with van der Waals surface area (Å²) < 4.78 is 14.0. The van der Waals surface area contributed by atoms with Gasteiger partial charge in [-0.3, -0.25) is 0 Å². The third-order valence-corrected chi connectivity index (χ3v) is 4.25. The second kappa shape index (κ2) is 7.75. The molecule has 6 heteroatoms. The lowest BCUT2D eigenvalue weighted by molar-refractivity contribution is 0.0435. The monoisotopic (exact) mass is 323 g/mol. The van der Waals surface area contributed by atoms with Gasteiger partial charge in [-0.1, -0.05) is 19.1 Å². The summed E-state index contributed by atoms with van der Waals surface area (Å²) in [5.74, 6) is -0.0370. The highest BCUT2D eigenvalue weighted by Gasteiger charge is 2.27. The Morgan fingerprint density at radius 2 is 2.22 bits per heavy atom. The van der Waals surface area contributed by atoms with Crippen molar-refractivity contribution in [2.75, 3.05) is 27.2 Å². The molecule has 128 valence electrons. The molecule has 23 heavy (non-hydrogen) atoms. The zero-order valence-electron chi connectivity index (χ0n) is 14.1. The normalized spacial score (nSPS) is 21.6. The van der Waals surface area contributed by atoms with Gasteiger partial charge in [-0.25, -0.2) is 9.18 Å². The van der Waals surface area contributed by atoms with Crippen molar-refractivity contribution in [2.24, 2.45) is 5.92 Å². The zero-order chi connectivity index (χ0) is 17.0. The topological polar surface area (TPSA) is 55.8 Å². The van der Waals surface area contributed by atoms with Gasteiger partial charge in [-0.15, -0.1) is 0 Å². The van der Waals surface area contributed by atoms with E-state index in [0.717, 1.165) is 12.0 Å². The minimum absolute atomic E-state index is 0.214. The highest BCUT2D eigenvalue weighted by Crippen LogP contribution is 2.17. The maximum atomic E-state index is 14.0. The molecular weight excluding hydrogens is 297 g/mol. The fourth-order valence-corrected chi connectivity index (χ4v) is 2.69. The lowest BCUT2D eigenvalue weighted by atomic mass is 9.96. The largest absolute Gasteiger partial charge is 0.391 e. The number of halogens is 1. The van der Waals surface area contributed by atoms with Gasteiger partial charge < -0.3 is 20.2 Å². The predicted molar refractivity (Wildman–Crippen MR) is 87.4 cm³/mol. The van der Waals surface area contributed by atoms with Gasteiger partial charge >= 0.3 is 6.03 Å². The number of carbonyl (C=O) groups excluding carboxylic acids is 1. The van der Waals surface area contributed by atoms with Crippen LogP contribution in [0.15, 0.2) is 18.2 Å². The van der Waals surface area contributed by atoms with E-state index in [9.17, 15) is 14.3 Å². The van der Waals surface area contributed by atoms with Crippen molar-refractivity contribution in [1.29, 1.82) is 0 Å². The van der Waals surface area contributed by atoms with Crippen LogP contribution in [0, 0.1) is 11.7 Å². The van der Waals surface area contributed by atoms with E-state index in [4.69, 9.17) is 0 Å². The summed E-state index contributed by atoms with van der Waals surface area (Å²) in [5, 5.41) is 12.6. The first-order valence-corrected chi connectivity index (χ1v) is 7.99. The Bertz CT molecular complexity index is 551. The molecule has 1 aromatic carbocycles. The highest BCUT2D eigenvalue weighted by molar-refractivity contribution is 5.74. The third kappa shape index (κ3) is 4.91. The van der Waals surface area contributed by atoms with Gasteiger partial charge in [0.1, 0.15) is 5.82 Å². The Balaban J connectivity index is 1.88. The molecule has 1 saturated heterocycles. The van der Waals surface area contributed by atoms with Crippen LogP contribution in [-0.2, 0) is 13.1 Å². The molecule has 1 aromatic rings. The van der Waals surface area contributed by atoms with Crippen LogP contribution in [0.5, 0.6) is 0 Å². The number of β-amino-alcohol motifs (C(OH)–C–C–N with tert-alkyl or cyclic N) is 1. The number of aliphatic hydroxyl groups excluding tert-OH is 1. The summed E-state index contributed by atoms with van der Waals surface area (Å²) in [6.45, 7) is 3.80. The van der Waals surface area contributed by atoms with Crippen molar-refractivity contribution < 1.29 is 14.3 Å². The fraction of sp³-hybridized carbons (Fsp3) is 0.588. The quantitative estimate of drug-likeness (QED) is 0.888. The molecule has 2 atom stereocenters. The molecule has 1 fully saturated rings. The molecule has 1 heterocycles. The maximum Gasteiger partial charge on any atom is 0.317 e. The first kappa shape index (κ1) is 17.7. The van der Waals surface area contributed by atoms with Crippen molar-refractivity contribution in [3.63, 3.8) is 0 Å². The summed E-state index contributed by atoms with van der Waals surface area (Å²) in [7, 11) is 3.78. The molecule has 2 N–H and O–H groups in total. The Labute approximate surface area is 137 Å². The van der Waals surface area contributed by atoms with Crippen molar-refractivity contribution in [2.45, 2.75) is 32.5 Å². The smallest absolute Gasteiger partial charge is 0.317 e. The molecular formula is C17H26FN3O2. The van der Waals surface area contributed by atoms with E-state index in [-0.39, 0.29) is 24.3 Å². The number of hydrogen-bond donors (Lipinski definition) is 2. The second-order valence-corrected chi connectivity index (χ2v) is 6.60. The number of hydrogen-bond acceptors (Lipinski definition) is 3. The van der Waals surface area contributed by atoms with Crippen LogP contribution in [0.2, 0.25) is 0 Å². The standard InChI is InChI=1S/C17H26FN3O2/c1-12-6-7-21(11-16(12)22)17(23)19-9-13-4-5-14(10-20(2)3)15(18)8-13/h4-5,8,12,16,22H,6-7,9-11H2,1-3H3,(H,19,23). The number of carbonyl (C=O) groups is 1. The summed E-state index contributed by atoms with van der Waals surface area (Å²) in [4.78, 5) is 15.6. The molecule has 0 spiro atoms. The van der Waals surface area contributed by atoms with Crippen LogP contribution >= 0.6 is 0 Å². The fourth-order valence-electron chi connectivity index (χ4n) is 2.69. The molecule has 0 bridgehead atoms. The molecule has 2 unspecified atom stereocenters. The molecule has 2 rings (SSSR count). The van der Waals surface area contributed by atoms with Gasteiger partial charge in [-0.2, -0.15) is 0 Å². The number of piperidine rings is 1. The maximum absolute atomic E-state index is 14.0. The van der Waals surface area contributed by atoms with Crippen LogP contribution in [0.4, 0.5) is 9.18 Å². The van der Waals surface area contributed by atoms with E-state index >= 15 is 0 Å². The van der Waals surface area contributed by atoms with E-state index in [0.29, 0.717) is 25.2 Å². The van der Waals surface area contributed by atoms with Gasteiger partial charge in [0.05, 0.1) is 6.10 Å². The van der Waals surface area contributed by atoms with E-state index in [1.807, 2.05) is 32.0 Å². The van der Waals surface area contributed by atoms with Crippen LogP contribution < -0.4 is 5.32 Å². The Kier molecular flexibility index (Phi) is 5.96. The molecule has 0 aliphatic carbocycles. The summed E-state index contributed by atoms with van der Waals surface area (Å²) in [6, 6.07) is 4.83. The predicted octanol–water partition coefficient (Wildman–Crippen LogP) is 1.80. The van der Waals surface area contributed by atoms with E-state index < -0.39 is 6.10 Å². The number of likely N-dealkylation sites (tertiary alicyclic amines) is 1. The number of nitrogens with zero attached hydrogens (tertiary/aromatic N) is 2. The van der Waals surface area contributed by atoms with Crippen molar-refractivity contribution in [1.82, 2.24) is 15.1 Å². The lowest BCUT2D eigenvalue weighted by Crippen LogP contribution is -2.49. The number of aliphatic hydroxyl groups is 1. The molecule has 1 aliphatic heterocycles. The van der Waals surface area contributed by atoms with E-state index in [1.54, 1.807) is 11.0 Å². The third-order valence-electron chi connectivity index (χ3n) is 4.25. The molecule has 2 amide bonds. The molecule has 0 saturated carbocycles. The Hall–Kier alpha value is -1.66. The Morgan fingerprint density at radius 3 is 2.83 bits per heavy atom. The number of benzene rings is 1. The molecule has 1 aliphatic rings. The van der Waals surface area contributed by atoms with Crippen LogP contribution in [0.3, 0.4) is 0 Å². The first-order chi connectivity index (χ1) is 10.9. The SMILES string of the molecule is CC1CCN(C(=O)NCc2ccc(CN(C)C)c(F)c2)CC1O. The average Bonchev–Trinajstić information content (AvgIpc) is 2.49. The van der Waals surface area contributed by atoms with Crippen LogP contribution in [0.1, 0.15) is 24.5 Å². The summed E-state index contributed by atoms with van der Waals surface area (Å²) in [5.41, 5.74) is 1.36. The van der Waals surface area contributed by atoms with E-state index in [2.05, 4.69) is 5.32 Å². The summed E-state index contributed by atoms with van der Waals surface area (Å²) >= 11 is 0. The van der Waals surface area contributed by atoms with Crippen molar-refractivity contribution in [3.8, 4) is 0 Å². The molecule has 0 aromatic heterocycles. The molecule has 5 nitrogen and oxygen atoms in total. The van der Waals surface area contributed by atoms with E-state index in [1.165, 1.54) is 6.07 Å². The lowest BCUT2D eigenvalue weighted by Gasteiger charge is -2.34. The minimum atomic E-state index is -0.475. The minimum Gasteiger partial charge on any atom is -0.391 e.